The number of hydrogen-bond acceptors (Lipinski definition) is 7. The van der Waals surface area contributed by atoms with Crippen LogP contribution in [0, 0.1) is 0 Å². The summed E-state index contributed by atoms with van der Waals surface area (Å²) in [6.45, 7) is 3.07. The molecule has 9 nitrogen and oxygen atoms in total. The number of para-hydroxylation sites is 1. The zero-order chi connectivity index (χ0) is 24.4. The molecule has 0 atom stereocenters. The van der Waals surface area contributed by atoms with Crippen LogP contribution in [0.25, 0.3) is 10.2 Å². The molecule has 0 unspecified atom stereocenters. The third-order valence-electron chi connectivity index (χ3n) is 5.73. The largest absolute Gasteiger partial charge is 0.492 e. The molecular weight excluding hydrogens is 466 g/mol. The molecule has 35 heavy (non-hydrogen) atoms. The molecule has 0 fully saturated rings. The van der Waals surface area contributed by atoms with Crippen LogP contribution in [0.1, 0.15) is 34.1 Å². The van der Waals surface area contributed by atoms with Gasteiger partial charge in [-0.3, -0.25) is 24.2 Å². The molecule has 3 heterocycles. The maximum atomic E-state index is 13.5. The number of anilines is 1. The number of hydrogen-bond donors (Lipinski definition) is 0. The number of ether oxygens (including phenoxy) is 1. The maximum absolute atomic E-state index is 13.5. The number of imidazole rings is 1. The van der Waals surface area contributed by atoms with Crippen LogP contribution in [0.15, 0.2) is 61.2 Å². The van der Waals surface area contributed by atoms with Gasteiger partial charge in [0, 0.05) is 25.5 Å². The van der Waals surface area contributed by atoms with Crippen LogP contribution in [-0.4, -0.2) is 56.9 Å². The lowest BCUT2D eigenvalue weighted by Crippen LogP contribution is -2.43. The van der Waals surface area contributed by atoms with E-state index in [4.69, 9.17) is 9.72 Å². The number of fused-ring (bicyclic) bond motifs is 2. The van der Waals surface area contributed by atoms with Crippen LogP contribution in [0.5, 0.6) is 5.75 Å². The van der Waals surface area contributed by atoms with E-state index in [1.165, 1.54) is 11.3 Å². The number of aryl methyl sites for hydroxylation is 1. The zero-order valence-electron chi connectivity index (χ0n) is 19.1. The lowest BCUT2D eigenvalue weighted by molar-refractivity contribution is -0.119. The Kier molecular flexibility index (Phi) is 6.28. The monoisotopic (exact) mass is 489 g/mol. The number of thiazole rings is 1. The maximum Gasteiger partial charge on any atom is 0.262 e. The van der Waals surface area contributed by atoms with Crippen molar-refractivity contribution in [2.45, 2.75) is 19.9 Å². The Bertz CT molecular complexity index is 1360. The third-order valence-corrected chi connectivity index (χ3v) is 6.77. The second-order valence-corrected chi connectivity index (χ2v) is 8.98. The Morgan fingerprint density at radius 1 is 1.09 bits per heavy atom. The minimum absolute atomic E-state index is 0.318. The van der Waals surface area contributed by atoms with Crippen molar-refractivity contribution >= 4 is 44.4 Å². The van der Waals surface area contributed by atoms with E-state index in [2.05, 4.69) is 4.98 Å². The van der Waals surface area contributed by atoms with Gasteiger partial charge in [-0.15, -0.1) is 0 Å². The molecule has 2 aromatic heterocycles. The van der Waals surface area contributed by atoms with Gasteiger partial charge in [0.1, 0.15) is 17.8 Å². The Hall–Kier alpha value is -4.05. The van der Waals surface area contributed by atoms with Crippen molar-refractivity contribution in [1.82, 2.24) is 19.4 Å². The lowest BCUT2D eigenvalue weighted by atomic mass is 10.1. The molecule has 0 saturated heterocycles. The highest BCUT2D eigenvalue weighted by Gasteiger charge is 2.37. The van der Waals surface area contributed by atoms with Gasteiger partial charge >= 0.3 is 0 Å². The molecular formula is C25H23N5O4S. The quantitative estimate of drug-likeness (QED) is 0.333. The van der Waals surface area contributed by atoms with Crippen LogP contribution in [0.3, 0.4) is 0 Å². The second-order valence-electron chi connectivity index (χ2n) is 7.97. The van der Waals surface area contributed by atoms with Crippen LogP contribution in [0.4, 0.5) is 5.13 Å². The number of aromatic nitrogens is 3. The first-order valence-corrected chi connectivity index (χ1v) is 12.1. The lowest BCUT2D eigenvalue weighted by Gasteiger charge is -2.22. The molecule has 0 bridgehead atoms. The minimum Gasteiger partial charge on any atom is -0.492 e. The molecule has 10 heteroatoms. The van der Waals surface area contributed by atoms with E-state index in [1.54, 1.807) is 41.7 Å². The fraction of sp³-hybridized carbons (Fsp3) is 0.240. The van der Waals surface area contributed by atoms with Crippen LogP contribution < -0.4 is 9.64 Å². The van der Waals surface area contributed by atoms with Crippen molar-refractivity contribution in [3.8, 4) is 5.75 Å². The van der Waals surface area contributed by atoms with E-state index in [0.717, 1.165) is 9.60 Å². The summed E-state index contributed by atoms with van der Waals surface area (Å²) < 4.78 is 8.52. The number of carbonyl (C=O) groups excluding carboxylic acids is 3. The van der Waals surface area contributed by atoms with E-state index in [0.29, 0.717) is 53.6 Å². The highest BCUT2D eigenvalue weighted by molar-refractivity contribution is 7.22. The van der Waals surface area contributed by atoms with E-state index in [1.807, 2.05) is 35.9 Å². The molecule has 5 rings (SSSR count). The Morgan fingerprint density at radius 3 is 2.54 bits per heavy atom. The molecule has 4 aromatic rings. The highest BCUT2D eigenvalue weighted by atomic mass is 32.1. The van der Waals surface area contributed by atoms with Crippen LogP contribution >= 0.6 is 11.3 Å². The van der Waals surface area contributed by atoms with E-state index < -0.39 is 11.8 Å². The molecule has 1 aliphatic rings. The molecule has 0 N–H and O–H groups in total. The average molecular weight is 490 g/mol. The molecule has 3 amide bonds. The van der Waals surface area contributed by atoms with Gasteiger partial charge in [-0.25, -0.2) is 9.97 Å². The topological polar surface area (TPSA) is 97.6 Å². The molecule has 1 aliphatic heterocycles. The number of rotatable bonds is 9. The van der Waals surface area contributed by atoms with Crippen molar-refractivity contribution in [1.29, 1.82) is 0 Å². The number of nitrogens with zero attached hydrogens (tertiary/aromatic N) is 5. The van der Waals surface area contributed by atoms with Gasteiger partial charge in [0.15, 0.2) is 5.13 Å². The zero-order valence-corrected chi connectivity index (χ0v) is 19.9. The summed E-state index contributed by atoms with van der Waals surface area (Å²) in [5.41, 5.74) is 1.32. The summed E-state index contributed by atoms with van der Waals surface area (Å²) in [7, 11) is 0. The summed E-state index contributed by atoms with van der Waals surface area (Å²) >= 11 is 1.37. The predicted octanol–water partition coefficient (Wildman–Crippen LogP) is 3.61. The fourth-order valence-corrected chi connectivity index (χ4v) is 5.09. The van der Waals surface area contributed by atoms with Gasteiger partial charge in [-0.1, -0.05) is 29.5 Å². The number of benzene rings is 2. The first kappa shape index (κ1) is 22.7. The van der Waals surface area contributed by atoms with E-state index >= 15 is 0 Å². The normalized spacial score (nSPS) is 12.9. The molecule has 0 saturated carbocycles. The molecule has 0 aliphatic carbocycles. The molecule has 178 valence electrons. The predicted molar refractivity (Wildman–Crippen MR) is 132 cm³/mol. The smallest absolute Gasteiger partial charge is 0.262 e. The number of carbonyl (C=O) groups is 3. The fourth-order valence-electron chi connectivity index (χ4n) is 4.06. The molecule has 2 aromatic carbocycles. The summed E-state index contributed by atoms with van der Waals surface area (Å²) in [6, 6.07) is 12.3. The van der Waals surface area contributed by atoms with Crippen molar-refractivity contribution < 1.29 is 19.1 Å². The highest BCUT2D eigenvalue weighted by Crippen LogP contribution is 2.34. The minimum atomic E-state index is -0.458. The van der Waals surface area contributed by atoms with Crippen molar-refractivity contribution in [3.63, 3.8) is 0 Å². The first-order chi connectivity index (χ1) is 17.1. The van der Waals surface area contributed by atoms with Gasteiger partial charge in [-0.05, 0) is 37.6 Å². The molecule has 0 spiro atoms. The third kappa shape index (κ3) is 4.40. The van der Waals surface area contributed by atoms with Gasteiger partial charge in [0.25, 0.3) is 11.8 Å². The standard InChI is InChI=1S/C25H23N5O4S/c1-2-34-19-9-5-10-20-22(19)27-25(35-20)29(13-6-12-28-14-11-26-16-28)21(31)15-30-23(32)17-7-3-4-8-18(17)24(30)33/h3-5,7-11,14,16H,2,6,12-13,15H2,1H3. The number of imide groups is 1. The summed E-state index contributed by atoms with van der Waals surface area (Å²) in [4.78, 5) is 50.5. The SMILES string of the molecule is CCOc1cccc2sc(N(CCCn3ccnc3)C(=O)CN3C(=O)c4ccccc4C3=O)nc12. The van der Waals surface area contributed by atoms with Crippen molar-refractivity contribution in [2.24, 2.45) is 0 Å². The average Bonchev–Trinajstić information content (AvgIpc) is 3.59. The first-order valence-electron chi connectivity index (χ1n) is 11.3. The second kappa shape index (κ2) is 9.67. The summed E-state index contributed by atoms with van der Waals surface area (Å²) in [5.74, 6) is -0.638. The van der Waals surface area contributed by atoms with Gasteiger partial charge in [-0.2, -0.15) is 0 Å². The Balaban J connectivity index is 1.41. The van der Waals surface area contributed by atoms with Crippen molar-refractivity contribution in [2.75, 3.05) is 24.6 Å². The van der Waals surface area contributed by atoms with Gasteiger partial charge < -0.3 is 9.30 Å². The summed E-state index contributed by atoms with van der Waals surface area (Å²) in [5, 5.41) is 0.499. The Morgan fingerprint density at radius 2 is 1.86 bits per heavy atom. The van der Waals surface area contributed by atoms with Gasteiger partial charge in [0.05, 0.1) is 28.8 Å². The van der Waals surface area contributed by atoms with Gasteiger partial charge in [0.2, 0.25) is 5.91 Å². The van der Waals surface area contributed by atoms with Crippen LogP contribution in [-0.2, 0) is 11.3 Å². The van der Waals surface area contributed by atoms with Crippen molar-refractivity contribution in [3.05, 3.63) is 72.3 Å². The number of amides is 3. The van der Waals surface area contributed by atoms with E-state index in [-0.39, 0.29) is 12.5 Å². The Labute approximate surface area is 205 Å². The summed E-state index contributed by atoms with van der Waals surface area (Å²) in [6.07, 6.45) is 5.92. The van der Waals surface area contributed by atoms with Crippen LogP contribution in [0.2, 0.25) is 0 Å². The van der Waals surface area contributed by atoms with E-state index in [9.17, 15) is 14.4 Å². The molecule has 0 radical (unpaired) electrons.